The number of amides is 1. The number of piperidine rings is 1. The fraction of sp³-hybridized carbons (Fsp3) is 0.643. The Balaban J connectivity index is 1.74. The molecule has 0 aromatic carbocycles. The number of nitrogens with one attached hydrogen (secondary N) is 1. The van der Waals surface area contributed by atoms with Crippen LogP contribution in [0.4, 0.5) is 0 Å². The lowest BCUT2D eigenvalue weighted by Gasteiger charge is -2.30. The van der Waals surface area contributed by atoms with Crippen molar-refractivity contribution in [3.8, 4) is 0 Å². The lowest BCUT2D eigenvalue weighted by Crippen LogP contribution is -2.40. The van der Waals surface area contributed by atoms with E-state index >= 15 is 0 Å². The van der Waals surface area contributed by atoms with Crippen LogP contribution in [0.25, 0.3) is 0 Å². The van der Waals surface area contributed by atoms with Crippen LogP contribution in [0.1, 0.15) is 31.1 Å². The van der Waals surface area contributed by atoms with Crippen LogP contribution in [-0.2, 0) is 11.3 Å². The second-order valence-corrected chi connectivity index (χ2v) is 6.85. The summed E-state index contributed by atoms with van der Waals surface area (Å²) in [5, 5.41) is 3.00. The van der Waals surface area contributed by atoms with Crippen molar-refractivity contribution >= 4 is 28.8 Å². The molecule has 0 saturated carbocycles. The lowest BCUT2D eigenvalue weighted by atomic mass is 9.96. The van der Waals surface area contributed by atoms with Crippen LogP contribution in [0, 0.1) is 5.92 Å². The number of likely N-dealkylation sites (tertiary alicyclic amines) is 1. The molecule has 2 rings (SSSR count). The highest BCUT2D eigenvalue weighted by Gasteiger charge is 2.24. The number of halogens is 1. The molecule has 0 spiro atoms. The standard InChI is InChI=1S/C14H21ClN2OS/c1-2-7-16-14(18)11-5-8-17(9-6-11)10-12-3-4-13(15)19-12/h3-4,11H,2,5-10H2,1H3,(H,16,18). The van der Waals surface area contributed by atoms with Gasteiger partial charge in [0.1, 0.15) is 0 Å². The largest absolute Gasteiger partial charge is 0.356 e. The molecule has 1 N–H and O–H groups in total. The maximum absolute atomic E-state index is 11.9. The predicted octanol–water partition coefficient (Wildman–Crippen LogP) is 3.14. The van der Waals surface area contributed by atoms with E-state index in [-0.39, 0.29) is 11.8 Å². The summed E-state index contributed by atoms with van der Waals surface area (Å²) in [6.45, 7) is 5.84. The maximum Gasteiger partial charge on any atom is 0.223 e. The van der Waals surface area contributed by atoms with Crippen molar-refractivity contribution in [2.24, 2.45) is 5.92 Å². The summed E-state index contributed by atoms with van der Waals surface area (Å²) < 4.78 is 0.851. The number of nitrogens with zero attached hydrogens (tertiary/aromatic N) is 1. The average Bonchev–Trinajstić information content (AvgIpc) is 2.82. The molecule has 5 heteroatoms. The summed E-state index contributed by atoms with van der Waals surface area (Å²) in [5.41, 5.74) is 0. The molecule has 1 amide bonds. The Hall–Kier alpha value is -0.580. The first-order valence-corrected chi connectivity index (χ1v) is 8.12. The summed E-state index contributed by atoms with van der Waals surface area (Å²) in [6, 6.07) is 4.04. The molecule has 1 saturated heterocycles. The third-order valence-corrected chi connectivity index (χ3v) is 4.73. The Morgan fingerprint density at radius 1 is 1.47 bits per heavy atom. The number of thiophene rings is 1. The first kappa shape index (κ1) is 14.8. The van der Waals surface area contributed by atoms with Gasteiger partial charge < -0.3 is 5.32 Å². The van der Waals surface area contributed by atoms with E-state index in [1.807, 2.05) is 6.07 Å². The minimum absolute atomic E-state index is 0.203. The van der Waals surface area contributed by atoms with Gasteiger partial charge >= 0.3 is 0 Å². The molecule has 1 aliphatic rings. The maximum atomic E-state index is 11.9. The van der Waals surface area contributed by atoms with E-state index in [9.17, 15) is 4.79 Å². The third-order valence-electron chi connectivity index (χ3n) is 3.52. The van der Waals surface area contributed by atoms with Gasteiger partial charge in [0.25, 0.3) is 0 Å². The monoisotopic (exact) mass is 300 g/mol. The zero-order chi connectivity index (χ0) is 13.7. The molecule has 0 atom stereocenters. The zero-order valence-electron chi connectivity index (χ0n) is 11.3. The highest BCUT2D eigenvalue weighted by molar-refractivity contribution is 7.16. The van der Waals surface area contributed by atoms with E-state index in [0.29, 0.717) is 0 Å². The number of rotatable bonds is 5. The SMILES string of the molecule is CCCNC(=O)C1CCN(Cc2ccc(Cl)s2)CC1. The topological polar surface area (TPSA) is 32.3 Å². The number of carbonyl (C=O) groups is 1. The molecule has 0 unspecified atom stereocenters. The molecule has 0 radical (unpaired) electrons. The van der Waals surface area contributed by atoms with Crippen molar-refractivity contribution in [3.05, 3.63) is 21.3 Å². The molecule has 1 fully saturated rings. The Bertz CT molecular complexity index is 413. The summed E-state index contributed by atoms with van der Waals surface area (Å²) in [7, 11) is 0. The smallest absolute Gasteiger partial charge is 0.223 e. The minimum Gasteiger partial charge on any atom is -0.356 e. The third kappa shape index (κ3) is 4.48. The Morgan fingerprint density at radius 3 is 2.79 bits per heavy atom. The minimum atomic E-state index is 0.203. The summed E-state index contributed by atoms with van der Waals surface area (Å²) in [6.07, 6.45) is 2.94. The summed E-state index contributed by atoms with van der Waals surface area (Å²) in [4.78, 5) is 15.6. The Kier molecular flexibility index (Phi) is 5.67. The number of hydrogen-bond acceptors (Lipinski definition) is 3. The van der Waals surface area contributed by atoms with Crippen molar-refractivity contribution in [1.29, 1.82) is 0 Å². The van der Waals surface area contributed by atoms with E-state index in [1.54, 1.807) is 11.3 Å². The van der Waals surface area contributed by atoms with Gasteiger partial charge in [-0.15, -0.1) is 11.3 Å². The van der Waals surface area contributed by atoms with Gasteiger partial charge in [0.15, 0.2) is 0 Å². The molecular weight excluding hydrogens is 280 g/mol. The van der Waals surface area contributed by atoms with Gasteiger partial charge in [0, 0.05) is 23.9 Å². The number of hydrogen-bond donors (Lipinski definition) is 1. The van der Waals surface area contributed by atoms with E-state index < -0.39 is 0 Å². The highest BCUT2D eigenvalue weighted by Crippen LogP contribution is 2.25. The van der Waals surface area contributed by atoms with E-state index in [0.717, 1.165) is 49.8 Å². The lowest BCUT2D eigenvalue weighted by molar-refractivity contribution is -0.126. The number of carbonyl (C=O) groups excluding carboxylic acids is 1. The van der Waals surface area contributed by atoms with E-state index in [1.165, 1.54) is 4.88 Å². The highest BCUT2D eigenvalue weighted by atomic mass is 35.5. The van der Waals surface area contributed by atoms with Gasteiger partial charge in [0.05, 0.1) is 4.34 Å². The van der Waals surface area contributed by atoms with Crippen molar-refractivity contribution in [2.75, 3.05) is 19.6 Å². The van der Waals surface area contributed by atoms with Gasteiger partial charge in [-0.25, -0.2) is 0 Å². The van der Waals surface area contributed by atoms with E-state index in [4.69, 9.17) is 11.6 Å². The molecule has 1 aromatic heterocycles. The van der Waals surface area contributed by atoms with Crippen LogP contribution in [0.3, 0.4) is 0 Å². The van der Waals surface area contributed by atoms with Gasteiger partial charge in [-0.1, -0.05) is 18.5 Å². The predicted molar refractivity (Wildman–Crippen MR) is 80.6 cm³/mol. The molecular formula is C14H21ClN2OS. The first-order valence-electron chi connectivity index (χ1n) is 6.93. The molecule has 0 bridgehead atoms. The van der Waals surface area contributed by atoms with Crippen LogP contribution in [0.5, 0.6) is 0 Å². The fourth-order valence-electron chi connectivity index (χ4n) is 2.40. The molecule has 0 aliphatic carbocycles. The van der Waals surface area contributed by atoms with Gasteiger partial charge in [0.2, 0.25) is 5.91 Å². The molecule has 1 aliphatic heterocycles. The van der Waals surface area contributed by atoms with Crippen LogP contribution in [-0.4, -0.2) is 30.4 Å². The second kappa shape index (κ2) is 7.27. The van der Waals surface area contributed by atoms with Gasteiger partial charge in [-0.3, -0.25) is 9.69 Å². The normalized spacial score (nSPS) is 17.6. The first-order chi connectivity index (χ1) is 9.19. The van der Waals surface area contributed by atoms with Crippen molar-refractivity contribution in [2.45, 2.75) is 32.7 Å². The van der Waals surface area contributed by atoms with Crippen LogP contribution in [0.15, 0.2) is 12.1 Å². The van der Waals surface area contributed by atoms with Crippen molar-refractivity contribution < 1.29 is 4.79 Å². The van der Waals surface area contributed by atoms with Crippen LogP contribution < -0.4 is 5.32 Å². The molecule has 3 nitrogen and oxygen atoms in total. The summed E-state index contributed by atoms with van der Waals surface area (Å²) >= 11 is 7.58. The Labute approximate surface area is 123 Å². The fourth-order valence-corrected chi connectivity index (χ4v) is 3.53. The van der Waals surface area contributed by atoms with Gasteiger partial charge in [-0.05, 0) is 44.5 Å². The molecule has 19 heavy (non-hydrogen) atoms. The summed E-state index contributed by atoms with van der Waals surface area (Å²) in [5.74, 6) is 0.440. The zero-order valence-corrected chi connectivity index (χ0v) is 12.9. The van der Waals surface area contributed by atoms with Crippen LogP contribution >= 0.6 is 22.9 Å². The van der Waals surface area contributed by atoms with E-state index in [2.05, 4.69) is 23.2 Å². The molecule has 106 valence electrons. The molecule has 2 heterocycles. The van der Waals surface area contributed by atoms with Crippen LogP contribution in [0.2, 0.25) is 4.34 Å². The Morgan fingerprint density at radius 2 is 2.21 bits per heavy atom. The van der Waals surface area contributed by atoms with Crippen molar-refractivity contribution in [3.63, 3.8) is 0 Å². The quantitative estimate of drug-likeness (QED) is 0.906. The van der Waals surface area contributed by atoms with Gasteiger partial charge in [-0.2, -0.15) is 0 Å². The molecule has 1 aromatic rings. The second-order valence-electron chi connectivity index (χ2n) is 5.05. The average molecular weight is 301 g/mol. The van der Waals surface area contributed by atoms with Crippen molar-refractivity contribution in [1.82, 2.24) is 10.2 Å².